The third kappa shape index (κ3) is 9.54. The van der Waals surface area contributed by atoms with Crippen LogP contribution in [0.25, 0.3) is 11.1 Å². The number of fused-ring (bicyclic) bond motifs is 4. The van der Waals surface area contributed by atoms with Gasteiger partial charge in [-0.15, -0.1) is 16.8 Å². The Morgan fingerprint density at radius 2 is 1.70 bits per heavy atom. The number of imide groups is 1. The average molecular weight is 1020 g/mol. The standard InChI is InChI=1S/C44H45Cl3N4O12S3/c1-19-16-43(3,4)49-35-21(19)14-23-29(24-15-22-20(2)17-44(5,6)50-36(22)41(66(59,60)61)38(24)62-37(23)40(35)65-58)30-31(42(56)57)32(45)34(47)39(33(30)46)64-18-25(52)48-13-9-7-8-10-28(55)63-51-26(53)11-12-27(51)54/h14-16,20,50,58H,7-13,17-18H2,1-6H3,(H,48,52)(H,56,57)(H,59,60,61)/p-1. The van der Waals surface area contributed by atoms with Crippen LogP contribution in [-0.2, 0) is 34.1 Å². The zero-order chi connectivity index (χ0) is 48.4. The van der Waals surface area contributed by atoms with Crippen LogP contribution in [0.1, 0.15) is 125 Å². The normalized spacial score (nSPS) is 17.9. The molecular formula is C44H44Cl3N4O12S3-. The Morgan fingerprint density at radius 3 is 2.33 bits per heavy atom. The molecule has 1 fully saturated rings. The van der Waals surface area contributed by atoms with Gasteiger partial charge in [0.15, 0.2) is 11.5 Å². The number of carboxylic acid groups (broad SMARTS) is 1. The Bertz CT molecular complexity index is 2920. The van der Waals surface area contributed by atoms with Crippen LogP contribution in [0.2, 0.25) is 15.1 Å². The number of nitrogens with one attached hydrogen (secondary N) is 2. The maximum atomic E-state index is 13.5. The summed E-state index contributed by atoms with van der Waals surface area (Å²) in [5.41, 5.74) is -0.473. The quantitative estimate of drug-likeness (QED) is 0.0233. The molecule has 0 spiro atoms. The molecule has 1 saturated heterocycles. The Hall–Kier alpha value is -4.34. The fraction of sp³-hybridized carbons (Fsp3) is 0.409. The van der Waals surface area contributed by atoms with E-state index in [0.717, 1.165) is 17.3 Å². The number of ether oxygens (including phenoxy) is 1. The highest BCUT2D eigenvalue weighted by Gasteiger charge is 2.41. The summed E-state index contributed by atoms with van der Waals surface area (Å²) in [5, 5.41) is 16.8. The lowest BCUT2D eigenvalue weighted by molar-refractivity contribution is -0.197. The van der Waals surface area contributed by atoms with E-state index in [1.165, 1.54) is 0 Å². The summed E-state index contributed by atoms with van der Waals surface area (Å²) in [4.78, 5) is 71.2. The van der Waals surface area contributed by atoms with Crippen LogP contribution in [0.5, 0.6) is 11.5 Å². The molecule has 16 nitrogen and oxygen atoms in total. The first-order valence-corrected chi connectivity index (χ1v) is 25.0. The van der Waals surface area contributed by atoms with Gasteiger partial charge < -0.3 is 34.4 Å². The maximum Gasteiger partial charge on any atom is 0.337 e. The summed E-state index contributed by atoms with van der Waals surface area (Å²) in [6.07, 6.45) is 3.66. The van der Waals surface area contributed by atoms with Crippen molar-refractivity contribution in [3.05, 3.63) is 71.7 Å². The number of carbonyl (C=O) groups excluding carboxylic acids is 4. The van der Waals surface area contributed by atoms with E-state index in [1.54, 1.807) is 12.1 Å². The average Bonchev–Trinajstić information content (AvgIpc) is 3.52. The first kappa shape index (κ1) is 49.6. The summed E-state index contributed by atoms with van der Waals surface area (Å²) in [7, 11) is -5.38. The van der Waals surface area contributed by atoms with E-state index < -0.39 is 72.1 Å². The van der Waals surface area contributed by atoms with Crippen molar-refractivity contribution in [3.8, 4) is 11.5 Å². The first-order valence-electron chi connectivity index (χ1n) is 20.7. The molecule has 1 atom stereocenters. The van der Waals surface area contributed by atoms with Crippen LogP contribution in [0.15, 0.2) is 37.9 Å². The number of carboxylic acids is 1. The summed E-state index contributed by atoms with van der Waals surface area (Å²) in [6.45, 7) is 11.3. The Kier molecular flexibility index (Phi) is 14.0. The molecule has 4 N–H and O–H groups in total. The zero-order valence-electron chi connectivity index (χ0n) is 36.4. The van der Waals surface area contributed by atoms with Crippen molar-refractivity contribution < 1.29 is 56.2 Å². The molecule has 0 bridgehead atoms. The minimum absolute atomic E-state index is 0.00138. The number of anilines is 1. The van der Waals surface area contributed by atoms with Crippen molar-refractivity contribution in [2.24, 2.45) is 4.99 Å². The molecular weight excluding hydrogens is 979 g/mol. The smallest absolute Gasteiger partial charge is 0.337 e. The van der Waals surface area contributed by atoms with Crippen molar-refractivity contribution in [3.63, 3.8) is 0 Å². The van der Waals surface area contributed by atoms with Gasteiger partial charge >= 0.3 is 11.9 Å². The molecule has 3 aromatic carbocycles. The predicted octanol–water partition coefficient (Wildman–Crippen LogP) is 8.06. The van der Waals surface area contributed by atoms with Gasteiger partial charge in [0.05, 0.1) is 43.0 Å². The molecule has 3 amide bonds. The number of thioether (sulfide) groups is 1. The monoisotopic (exact) mass is 1020 g/mol. The van der Waals surface area contributed by atoms with Crippen molar-refractivity contribution in [2.75, 3.05) is 17.6 Å². The molecule has 0 saturated carbocycles. The van der Waals surface area contributed by atoms with Gasteiger partial charge in [0.2, 0.25) is 5.91 Å². The minimum atomic E-state index is -5.38. The number of halogens is 3. The van der Waals surface area contributed by atoms with E-state index in [9.17, 15) is 46.6 Å². The summed E-state index contributed by atoms with van der Waals surface area (Å²) in [6, 6.07) is 3.31. The Morgan fingerprint density at radius 1 is 1.02 bits per heavy atom. The van der Waals surface area contributed by atoms with Gasteiger partial charge in [-0.25, -0.2) is 18.0 Å². The molecule has 66 heavy (non-hydrogen) atoms. The lowest BCUT2D eigenvalue weighted by Crippen LogP contribution is -2.38. The van der Waals surface area contributed by atoms with E-state index >= 15 is 0 Å². The molecule has 7 rings (SSSR count). The second-order valence-electron chi connectivity index (χ2n) is 17.6. The first-order chi connectivity index (χ1) is 30.9. The van der Waals surface area contributed by atoms with Gasteiger partial charge in [-0.05, 0) is 83.1 Å². The Balaban J connectivity index is 1.32. The number of benzene rings is 3. The molecule has 352 valence electrons. The van der Waals surface area contributed by atoms with Crippen molar-refractivity contribution in [1.29, 1.82) is 0 Å². The highest BCUT2D eigenvalue weighted by Crippen LogP contribution is 2.54. The van der Waals surface area contributed by atoms with Crippen LogP contribution in [0.3, 0.4) is 0 Å². The number of hydrogen-bond donors (Lipinski definition) is 4. The van der Waals surface area contributed by atoms with Gasteiger partial charge in [-0.2, -0.15) is 0 Å². The molecule has 4 aliphatic heterocycles. The third-order valence-electron chi connectivity index (χ3n) is 11.4. The second-order valence-corrected chi connectivity index (χ2v) is 21.6. The minimum Gasteiger partial charge on any atom is -0.744 e. The van der Waals surface area contributed by atoms with Gasteiger partial charge in [-0.1, -0.05) is 54.2 Å². The number of rotatable bonds is 14. The maximum absolute atomic E-state index is 13.5. The number of aromatic carboxylic acids is 1. The third-order valence-corrected chi connectivity index (χ3v) is 15.4. The van der Waals surface area contributed by atoms with Crippen LogP contribution in [-0.4, -0.2) is 80.7 Å². The molecule has 4 heterocycles. The van der Waals surface area contributed by atoms with E-state index in [4.69, 9.17) is 49.4 Å². The van der Waals surface area contributed by atoms with Crippen molar-refractivity contribution >= 4 is 115 Å². The molecule has 1 unspecified atom stereocenters. The zero-order valence-corrected chi connectivity index (χ0v) is 41.1. The van der Waals surface area contributed by atoms with E-state index in [0.29, 0.717) is 47.2 Å². The number of nitrogens with zero attached hydrogens (tertiary/aromatic N) is 2. The number of amides is 3. The van der Waals surface area contributed by atoms with Crippen LogP contribution in [0, 0.1) is 0 Å². The van der Waals surface area contributed by atoms with Gasteiger partial charge in [0, 0.05) is 75.8 Å². The molecule has 4 aliphatic rings. The van der Waals surface area contributed by atoms with Gasteiger partial charge in [0.25, 0.3) is 11.8 Å². The summed E-state index contributed by atoms with van der Waals surface area (Å²) in [5.74, 6) is -5.07. The summed E-state index contributed by atoms with van der Waals surface area (Å²) >= 11 is 22.1. The predicted molar refractivity (Wildman–Crippen MR) is 248 cm³/mol. The van der Waals surface area contributed by atoms with Crippen LogP contribution < -0.4 is 25.9 Å². The number of carbonyl (C=O) groups is 5. The number of allylic oxidation sites excluding steroid dienone is 1. The fourth-order valence-electron chi connectivity index (χ4n) is 8.82. The molecule has 0 aromatic heterocycles. The highest BCUT2D eigenvalue weighted by molar-refractivity contribution is 8.00. The van der Waals surface area contributed by atoms with E-state index in [-0.39, 0.29) is 103 Å². The molecule has 0 radical (unpaired) electrons. The van der Waals surface area contributed by atoms with Gasteiger partial charge in [-0.3, -0.25) is 19.4 Å². The van der Waals surface area contributed by atoms with Crippen molar-refractivity contribution in [1.82, 2.24) is 10.4 Å². The highest BCUT2D eigenvalue weighted by atomic mass is 35.5. The van der Waals surface area contributed by atoms with E-state index in [1.807, 2.05) is 47.6 Å². The second kappa shape index (κ2) is 18.6. The van der Waals surface area contributed by atoms with Crippen molar-refractivity contribution in [2.45, 2.75) is 118 Å². The number of hydrogen-bond acceptors (Lipinski definition) is 15. The molecule has 0 aliphatic carbocycles. The lowest BCUT2D eigenvalue weighted by atomic mass is 9.79. The van der Waals surface area contributed by atoms with Gasteiger partial charge in [0.1, 0.15) is 19.9 Å². The molecule has 3 aromatic rings. The Labute approximate surface area is 403 Å². The number of unbranched alkanes of at least 4 members (excludes halogenated alkanes) is 2. The number of hydroxylamine groups is 2. The fourth-order valence-corrected chi connectivity index (χ4v) is 12.1. The lowest BCUT2D eigenvalue weighted by Gasteiger charge is -2.40. The molecule has 22 heteroatoms. The van der Waals surface area contributed by atoms with E-state index in [2.05, 4.69) is 10.6 Å². The largest absolute Gasteiger partial charge is 0.744 e. The SMILES string of the molecule is CC1=CC(C)(C)N=c2c1cc1c(c2SO)Oc2c(cc3c(c2S(=O)(=O)[O-])NC(C)(C)CC3C)C=1c1c(Cl)c(SCC(=O)NCCCCCC(=O)ON2C(=O)CCC2=O)c(Cl)c(Cl)c1C(=O)O. The van der Waals surface area contributed by atoms with Crippen LogP contribution >= 0.6 is 58.6 Å². The summed E-state index contributed by atoms with van der Waals surface area (Å²) < 4.78 is 58.1. The topological polar surface area (TPSA) is 241 Å². The van der Waals surface area contributed by atoms with Crippen LogP contribution in [0.4, 0.5) is 5.69 Å².